The number of non-ortho nitro benzene ring substituents is 1. The fourth-order valence-corrected chi connectivity index (χ4v) is 5.71. The Hall–Kier alpha value is -3.19. The summed E-state index contributed by atoms with van der Waals surface area (Å²) in [7, 11) is -2.20. The third-order valence-corrected chi connectivity index (χ3v) is 8.20. The standard InChI is InChI=1S/C23H27N5O6S/c1-17(22-24-21-6-4-3-5-20(21)23(29)27(22)15-16-34-2)25-11-13-26(14-12-25)35(32,33)19-9-7-18(8-10-19)28(30)31/h3-10,17H,11-16H2,1-2H3. The topological polar surface area (TPSA) is 128 Å². The molecule has 1 atom stereocenters. The lowest BCUT2D eigenvalue weighted by Gasteiger charge is -2.37. The first-order chi connectivity index (χ1) is 16.7. The lowest BCUT2D eigenvalue weighted by Crippen LogP contribution is -2.49. The van der Waals surface area contributed by atoms with Crippen LogP contribution in [0.5, 0.6) is 0 Å². The number of ether oxygens (including phenoxy) is 1. The molecule has 0 aliphatic carbocycles. The molecular formula is C23H27N5O6S. The second kappa shape index (κ2) is 10.2. The van der Waals surface area contributed by atoms with Gasteiger partial charge in [-0.15, -0.1) is 0 Å². The van der Waals surface area contributed by atoms with Crippen molar-refractivity contribution in [2.45, 2.75) is 24.4 Å². The summed E-state index contributed by atoms with van der Waals surface area (Å²) in [5.74, 6) is 0.609. The molecule has 1 aliphatic heterocycles. The van der Waals surface area contributed by atoms with Crippen LogP contribution in [-0.4, -0.2) is 72.0 Å². The summed E-state index contributed by atoms with van der Waals surface area (Å²) in [5.41, 5.74) is 0.325. The molecule has 2 aromatic carbocycles. The smallest absolute Gasteiger partial charge is 0.269 e. The number of fused-ring (bicyclic) bond motifs is 1. The number of hydrogen-bond acceptors (Lipinski definition) is 8. The number of nitrogens with zero attached hydrogens (tertiary/aromatic N) is 5. The molecule has 0 saturated carbocycles. The number of nitro groups is 1. The van der Waals surface area contributed by atoms with Crippen LogP contribution >= 0.6 is 0 Å². The molecule has 1 saturated heterocycles. The van der Waals surface area contributed by atoms with E-state index in [1.165, 1.54) is 28.6 Å². The van der Waals surface area contributed by atoms with Crippen LogP contribution < -0.4 is 5.56 Å². The molecule has 186 valence electrons. The number of sulfonamides is 1. The van der Waals surface area contributed by atoms with Gasteiger partial charge >= 0.3 is 0 Å². The molecule has 11 nitrogen and oxygen atoms in total. The predicted molar refractivity (Wildman–Crippen MR) is 130 cm³/mol. The van der Waals surface area contributed by atoms with Crippen molar-refractivity contribution in [2.75, 3.05) is 39.9 Å². The summed E-state index contributed by atoms with van der Waals surface area (Å²) in [4.78, 5) is 30.4. The Morgan fingerprint density at radius 3 is 2.37 bits per heavy atom. The van der Waals surface area contributed by atoms with Gasteiger partial charge in [-0.1, -0.05) is 12.1 Å². The summed E-state index contributed by atoms with van der Waals surface area (Å²) in [5, 5.41) is 11.4. The fraction of sp³-hybridized carbons (Fsp3) is 0.391. The van der Waals surface area contributed by atoms with Crippen LogP contribution in [0.15, 0.2) is 58.2 Å². The summed E-state index contributed by atoms with van der Waals surface area (Å²) < 4.78 is 34.3. The van der Waals surface area contributed by atoms with E-state index in [9.17, 15) is 23.3 Å². The van der Waals surface area contributed by atoms with Gasteiger partial charge in [-0.3, -0.25) is 24.4 Å². The van der Waals surface area contributed by atoms with Crippen molar-refractivity contribution in [3.05, 3.63) is 74.8 Å². The molecule has 1 aliphatic rings. The van der Waals surface area contributed by atoms with Gasteiger partial charge < -0.3 is 4.74 Å². The maximum Gasteiger partial charge on any atom is 0.269 e. The number of rotatable bonds is 8. The molecule has 0 radical (unpaired) electrons. The molecule has 0 spiro atoms. The molecular weight excluding hydrogens is 474 g/mol. The van der Waals surface area contributed by atoms with Gasteiger partial charge in [-0.25, -0.2) is 13.4 Å². The van der Waals surface area contributed by atoms with Gasteiger partial charge in [0.05, 0.1) is 39.9 Å². The monoisotopic (exact) mass is 501 g/mol. The SMILES string of the molecule is COCCn1c(C(C)N2CCN(S(=O)(=O)c3ccc([N+](=O)[O-])cc3)CC2)nc2ccccc2c1=O. The average molecular weight is 502 g/mol. The molecule has 0 amide bonds. The molecule has 12 heteroatoms. The van der Waals surface area contributed by atoms with Crippen LogP contribution in [-0.2, 0) is 21.3 Å². The lowest BCUT2D eigenvalue weighted by molar-refractivity contribution is -0.384. The zero-order chi connectivity index (χ0) is 25.2. The number of aromatic nitrogens is 2. The van der Waals surface area contributed by atoms with E-state index in [1.54, 1.807) is 23.8 Å². The van der Waals surface area contributed by atoms with Crippen LogP contribution in [0, 0.1) is 10.1 Å². The third kappa shape index (κ3) is 4.96. The van der Waals surface area contributed by atoms with Crippen LogP contribution in [0.1, 0.15) is 18.8 Å². The Labute approximate surface area is 202 Å². The first-order valence-corrected chi connectivity index (χ1v) is 12.6. The number of piperazine rings is 1. The number of para-hydroxylation sites is 1. The van der Waals surface area contributed by atoms with Crippen LogP contribution in [0.4, 0.5) is 5.69 Å². The van der Waals surface area contributed by atoms with Gasteiger partial charge in [0.25, 0.3) is 11.2 Å². The minimum absolute atomic E-state index is 0.0224. The predicted octanol–water partition coefficient (Wildman–Crippen LogP) is 2.02. The van der Waals surface area contributed by atoms with Crippen molar-refractivity contribution >= 4 is 26.6 Å². The zero-order valence-corrected chi connectivity index (χ0v) is 20.3. The number of benzene rings is 2. The van der Waals surface area contributed by atoms with Crippen LogP contribution in [0.3, 0.4) is 0 Å². The summed E-state index contributed by atoms with van der Waals surface area (Å²) in [6, 6.07) is 11.9. The highest BCUT2D eigenvalue weighted by atomic mass is 32.2. The van der Waals surface area contributed by atoms with Gasteiger partial charge in [-0.2, -0.15) is 4.31 Å². The van der Waals surface area contributed by atoms with E-state index in [-0.39, 0.29) is 35.3 Å². The summed E-state index contributed by atoms with van der Waals surface area (Å²) in [6.07, 6.45) is 0. The molecule has 1 fully saturated rings. The second-order valence-corrected chi connectivity index (χ2v) is 10.2. The van der Waals surface area contributed by atoms with Gasteiger partial charge in [0.2, 0.25) is 10.0 Å². The van der Waals surface area contributed by atoms with E-state index in [0.29, 0.717) is 43.0 Å². The molecule has 4 rings (SSSR count). The summed E-state index contributed by atoms with van der Waals surface area (Å²) >= 11 is 0. The molecule has 1 aromatic heterocycles. The summed E-state index contributed by atoms with van der Waals surface area (Å²) in [6.45, 7) is 4.07. The lowest BCUT2D eigenvalue weighted by atomic mass is 10.2. The van der Waals surface area contributed by atoms with E-state index in [0.717, 1.165) is 0 Å². The van der Waals surface area contributed by atoms with Crippen molar-refractivity contribution in [3.63, 3.8) is 0 Å². The minimum Gasteiger partial charge on any atom is -0.383 e. The second-order valence-electron chi connectivity index (χ2n) is 8.30. The Kier molecular flexibility index (Phi) is 7.26. The van der Waals surface area contributed by atoms with E-state index in [1.807, 2.05) is 19.1 Å². The van der Waals surface area contributed by atoms with Gasteiger partial charge in [0.15, 0.2) is 0 Å². The normalized spacial score (nSPS) is 16.4. The van der Waals surface area contributed by atoms with Gasteiger partial charge in [0.1, 0.15) is 5.82 Å². The van der Waals surface area contributed by atoms with E-state index < -0.39 is 14.9 Å². The highest BCUT2D eigenvalue weighted by Crippen LogP contribution is 2.25. The fourth-order valence-electron chi connectivity index (χ4n) is 4.29. The molecule has 2 heterocycles. The zero-order valence-electron chi connectivity index (χ0n) is 19.5. The van der Waals surface area contributed by atoms with Crippen LogP contribution in [0.25, 0.3) is 10.9 Å². The van der Waals surface area contributed by atoms with Gasteiger partial charge in [0, 0.05) is 45.4 Å². The first-order valence-electron chi connectivity index (χ1n) is 11.2. The third-order valence-electron chi connectivity index (χ3n) is 6.29. The van der Waals surface area contributed by atoms with Gasteiger partial charge in [-0.05, 0) is 31.2 Å². The van der Waals surface area contributed by atoms with E-state index >= 15 is 0 Å². The van der Waals surface area contributed by atoms with Crippen molar-refractivity contribution < 1.29 is 18.1 Å². The highest BCUT2D eigenvalue weighted by molar-refractivity contribution is 7.89. The van der Waals surface area contributed by atoms with E-state index in [2.05, 4.69) is 4.90 Å². The Morgan fingerprint density at radius 1 is 1.09 bits per heavy atom. The maximum absolute atomic E-state index is 13.2. The Morgan fingerprint density at radius 2 is 1.74 bits per heavy atom. The average Bonchev–Trinajstić information content (AvgIpc) is 2.87. The quantitative estimate of drug-likeness (QED) is 0.339. The van der Waals surface area contributed by atoms with Crippen molar-refractivity contribution in [1.82, 2.24) is 18.8 Å². The first kappa shape index (κ1) is 24.9. The largest absolute Gasteiger partial charge is 0.383 e. The van der Waals surface area contributed by atoms with E-state index in [4.69, 9.17) is 9.72 Å². The maximum atomic E-state index is 13.2. The number of nitro benzene ring substituents is 1. The number of methoxy groups -OCH3 is 1. The molecule has 0 bridgehead atoms. The number of hydrogen-bond donors (Lipinski definition) is 0. The molecule has 35 heavy (non-hydrogen) atoms. The van der Waals surface area contributed by atoms with Crippen LogP contribution in [0.2, 0.25) is 0 Å². The molecule has 0 N–H and O–H groups in total. The van der Waals surface area contributed by atoms with Crippen molar-refractivity contribution in [3.8, 4) is 0 Å². The molecule has 3 aromatic rings. The Bertz CT molecular complexity index is 1380. The van der Waals surface area contributed by atoms with Crippen molar-refractivity contribution in [1.29, 1.82) is 0 Å². The Balaban J connectivity index is 1.54. The van der Waals surface area contributed by atoms with Crippen molar-refractivity contribution in [2.24, 2.45) is 0 Å². The minimum atomic E-state index is -3.78. The molecule has 1 unspecified atom stereocenters. The highest BCUT2D eigenvalue weighted by Gasteiger charge is 2.32.